The minimum atomic E-state index is -6.35. The molecule has 1 heterocycles. The van der Waals surface area contributed by atoms with Crippen LogP contribution in [0.2, 0.25) is 0 Å². The summed E-state index contributed by atoms with van der Waals surface area (Å²) < 4.78 is 121. The molecule has 1 atom stereocenters. The van der Waals surface area contributed by atoms with Crippen molar-refractivity contribution in [3.8, 4) is 0 Å². The van der Waals surface area contributed by atoms with E-state index in [0.717, 1.165) is 0 Å². The fraction of sp³-hybridized carbons (Fsp3) is 0.481. The number of carbonyl (C=O) groups is 2. The number of nitrogen functional groups attached to an aromatic ring is 1. The average Bonchev–Trinajstić information content (AvgIpc) is 3.39. The van der Waals surface area contributed by atoms with Crippen molar-refractivity contribution in [1.82, 2.24) is 4.90 Å². The molecule has 7 nitrogen and oxygen atoms in total. The van der Waals surface area contributed by atoms with Crippen LogP contribution < -0.4 is 5.73 Å². The van der Waals surface area contributed by atoms with E-state index in [1.807, 2.05) is 0 Å². The number of sulfone groups is 1. The van der Waals surface area contributed by atoms with Gasteiger partial charge in [0.1, 0.15) is 4.75 Å². The van der Waals surface area contributed by atoms with E-state index in [1.165, 1.54) is 29.2 Å². The molecule has 2 aromatic rings. The van der Waals surface area contributed by atoms with Crippen molar-refractivity contribution in [2.45, 2.75) is 59.8 Å². The fourth-order valence-electron chi connectivity index (χ4n) is 5.79. The van der Waals surface area contributed by atoms with Gasteiger partial charge in [0.05, 0.1) is 10.8 Å². The zero-order chi connectivity index (χ0) is 31.3. The Morgan fingerprint density at radius 2 is 1.33 bits per heavy atom. The first-order valence-corrected chi connectivity index (χ1v) is 14.4. The Morgan fingerprint density at radius 3 is 1.81 bits per heavy atom. The van der Waals surface area contributed by atoms with Crippen LogP contribution in [-0.4, -0.2) is 55.7 Å². The number of aliphatic carboxylic acids is 1. The zero-order valence-corrected chi connectivity index (χ0v) is 22.7. The molecule has 4 rings (SSSR count). The molecule has 3 N–H and O–H groups in total. The summed E-state index contributed by atoms with van der Waals surface area (Å²) in [7, 11) is -4.46. The first-order valence-electron chi connectivity index (χ1n) is 12.9. The number of anilines is 1. The molecular weight excluding hydrogens is 597 g/mol. The van der Waals surface area contributed by atoms with Gasteiger partial charge in [-0.25, -0.2) is 12.8 Å². The first-order chi connectivity index (χ1) is 19.3. The highest BCUT2D eigenvalue weighted by Gasteiger charge is 2.73. The van der Waals surface area contributed by atoms with Crippen LogP contribution in [0.5, 0.6) is 0 Å². The summed E-state index contributed by atoms with van der Waals surface area (Å²) in [6.45, 7) is -0.581. The van der Waals surface area contributed by atoms with Gasteiger partial charge in [0.2, 0.25) is 5.91 Å². The lowest BCUT2D eigenvalue weighted by atomic mass is 9.81. The van der Waals surface area contributed by atoms with Crippen molar-refractivity contribution in [2.75, 3.05) is 18.8 Å². The number of benzene rings is 2. The Kier molecular flexibility index (Phi) is 8.06. The van der Waals surface area contributed by atoms with Crippen LogP contribution in [0.15, 0.2) is 53.4 Å². The van der Waals surface area contributed by atoms with Gasteiger partial charge in [-0.15, -0.1) is 0 Å². The van der Waals surface area contributed by atoms with Crippen molar-refractivity contribution < 1.29 is 53.8 Å². The minimum Gasteiger partial charge on any atom is -0.481 e. The molecule has 1 aliphatic heterocycles. The Balaban J connectivity index is 1.74. The van der Waals surface area contributed by atoms with E-state index >= 15 is 0 Å². The van der Waals surface area contributed by atoms with Crippen LogP contribution in [0.25, 0.3) is 0 Å². The van der Waals surface area contributed by atoms with E-state index < -0.39 is 68.4 Å². The van der Waals surface area contributed by atoms with E-state index in [9.17, 15) is 53.8 Å². The largest absolute Gasteiger partial charge is 0.481 e. The Bertz CT molecular complexity index is 1420. The molecule has 15 heteroatoms. The van der Waals surface area contributed by atoms with Gasteiger partial charge < -0.3 is 15.7 Å². The first kappa shape index (κ1) is 31.6. The predicted octanol–water partition coefficient (Wildman–Crippen LogP) is 5.35. The number of hydrogen-bond donors (Lipinski definition) is 2. The number of nitrogens with zero attached hydrogens (tertiary/aromatic N) is 1. The Hall–Kier alpha value is -3.36. The maximum Gasteiger partial charge on any atom is 0.435 e. The number of rotatable bonds is 6. The normalized spacial score (nSPS) is 24.0. The molecule has 0 spiro atoms. The highest BCUT2D eigenvalue weighted by atomic mass is 32.2. The summed E-state index contributed by atoms with van der Waals surface area (Å²) in [6.07, 6.45) is -11.9. The lowest BCUT2D eigenvalue weighted by Gasteiger charge is -2.33. The molecule has 0 bridgehead atoms. The van der Waals surface area contributed by atoms with Crippen LogP contribution in [0.1, 0.15) is 43.2 Å². The summed E-state index contributed by atoms with van der Waals surface area (Å²) in [6, 6.07) is 6.92. The molecule has 1 aliphatic carbocycles. The number of hydrogen-bond acceptors (Lipinski definition) is 5. The molecule has 230 valence electrons. The van der Waals surface area contributed by atoms with Crippen molar-refractivity contribution in [2.24, 2.45) is 11.8 Å². The van der Waals surface area contributed by atoms with Gasteiger partial charge in [-0.3, -0.25) is 9.59 Å². The molecule has 2 fully saturated rings. The number of carbonyl (C=O) groups excluding carboxylic acids is 1. The van der Waals surface area contributed by atoms with E-state index in [2.05, 4.69) is 0 Å². The molecule has 1 saturated carbocycles. The van der Waals surface area contributed by atoms with E-state index in [1.54, 1.807) is 0 Å². The van der Waals surface area contributed by atoms with Crippen LogP contribution in [0.4, 0.5) is 36.4 Å². The second-order valence-electron chi connectivity index (χ2n) is 10.7. The van der Waals surface area contributed by atoms with Crippen molar-refractivity contribution in [3.05, 3.63) is 59.7 Å². The zero-order valence-electron chi connectivity index (χ0n) is 21.9. The molecule has 0 aromatic heterocycles. The summed E-state index contributed by atoms with van der Waals surface area (Å²) >= 11 is 0. The lowest BCUT2D eigenvalue weighted by molar-refractivity contribution is -0.348. The number of carboxylic acid groups (broad SMARTS) is 1. The van der Waals surface area contributed by atoms with Crippen LogP contribution >= 0.6 is 0 Å². The van der Waals surface area contributed by atoms with E-state index in [4.69, 9.17) is 5.73 Å². The number of alkyl halides is 7. The van der Waals surface area contributed by atoms with Gasteiger partial charge in [-0.2, -0.15) is 26.3 Å². The van der Waals surface area contributed by atoms with Crippen molar-refractivity contribution >= 4 is 27.4 Å². The molecule has 1 amide bonds. The summed E-state index contributed by atoms with van der Waals surface area (Å²) in [4.78, 5) is 25.7. The molecule has 2 aliphatic rings. The summed E-state index contributed by atoms with van der Waals surface area (Å²) in [5.41, 5.74) is -1.80. The number of nitrogens with two attached hydrogens (primary N) is 1. The summed E-state index contributed by atoms with van der Waals surface area (Å²) in [5.74, 6) is -2.59. The van der Waals surface area contributed by atoms with Crippen molar-refractivity contribution in [3.63, 3.8) is 0 Å². The SMILES string of the molecule is Nc1ccc(S(=O)(=O)[C@@]2(c3ccc(C(F)(C(F)(F)F)C(F)(F)F)cc3)CCN(C(=O)[C@H]3CC[C@H](C(=O)O)CC3)C2)cc1. The fourth-order valence-corrected chi connectivity index (χ4v) is 7.87. The molecule has 0 unspecified atom stereocenters. The average molecular weight is 625 g/mol. The third kappa shape index (κ3) is 5.20. The molecule has 0 radical (unpaired) electrons. The van der Waals surface area contributed by atoms with Gasteiger partial charge in [0, 0.05) is 30.3 Å². The summed E-state index contributed by atoms with van der Waals surface area (Å²) in [5, 5.41) is 9.22. The van der Waals surface area contributed by atoms with Crippen molar-refractivity contribution in [1.29, 1.82) is 0 Å². The maximum atomic E-state index is 14.7. The highest BCUT2D eigenvalue weighted by molar-refractivity contribution is 7.92. The minimum absolute atomic E-state index is 0.105. The lowest BCUT2D eigenvalue weighted by Crippen LogP contribution is -2.50. The standard InChI is InChI=1S/C27H27F7N2O5S/c28-25(26(29,30)31,27(32,33)34)19-7-5-18(6-8-19)24(42(40,41)21-11-9-20(35)10-12-21)13-14-36(15-24)22(37)16-1-3-17(4-2-16)23(38)39/h5-12,16-17H,1-4,13-15,35H2,(H,38,39)/t16-,17-,24-/m0/s1. The molecule has 42 heavy (non-hydrogen) atoms. The topological polar surface area (TPSA) is 118 Å². The Labute approximate surface area is 236 Å². The molecule has 1 saturated heterocycles. The molecule has 2 aromatic carbocycles. The van der Waals surface area contributed by atoms with E-state index in [0.29, 0.717) is 12.1 Å². The van der Waals surface area contributed by atoms with Gasteiger partial charge in [-0.1, -0.05) is 24.3 Å². The Morgan fingerprint density at radius 1 is 0.833 bits per heavy atom. The number of likely N-dealkylation sites (tertiary alicyclic amines) is 1. The smallest absolute Gasteiger partial charge is 0.435 e. The molecular formula is C27H27F7N2O5S. The van der Waals surface area contributed by atoms with E-state index in [-0.39, 0.29) is 66.9 Å². The second-order valence-corrected chi connectivity index (χ2v) is 13.0. The second kappa shape index (κ2) is 10.7. The number of halogens is 7. The van der Waals surface area contributed by atoms with Gasteiger partial charge in [-0.05, 0) is 61.9 Å². The van der Waals surface area contributed by atoms with Crippen LogP contribution in [0, 0.1) is 11.8 Å². The van der Waals surface area contributed by atoms with Crippen LogP contribution in [0.3, 0.4) is 0 Å². The third-order valence-electron chi connectivity index (χ3n) is 8.26. The monoisotopic (exact) mass is 624 g/mol. The van der Waals surface area contributed by atoms with Gasteiger partial charge in [0.15, 0.2) is 9.84 Å². The maximum absolute atomic E-state index is 14.7. The van der Waals surface area contributed by atoms with Crippen LogP contribution in [-0.2, 0) is 29.8 Å². The third-order valence-corrected chi connectivity index (χ3v) is 10.8. The quantitative estimate of drug-likeness (QED) is 0.331. The number of amides is 1. The van der Waals surface area contributed by atoms with Gasteiger partial charge in [0.25, 0.3) is 0 Å². The predicted molar refractivity (Wildman–Crippen MR) is 135 cm³/mol. The highest BCUT2D eigenvalue weighted by Crippen LogP contribution is 2.54. The number of carboxylic acids is 1. The van der Waals surface area contributed by atoms with Gasteiger partial charge >= 0.3 is 24.0 Å².